The van der Waals surface area contributed by atoms with Gasteiger partial charge in [0.05, 0.1) is 18.7 Å². The molecule has 3 aliphatic heterocycles. The van der Waals surface area contributed by atoms with Gasteiger partial charge in [0.25, 0.3) is 0 Å². The molecule has 4 aliphatic rings. The molecule has 0 unspecified atom stereocenters. The number of rotatable bonds is 5. The number of pyridine rings is 1. The van der Waals surface area contributed by atoms with Crippen molar-refractivity contribution in [2.45, 2.75) is 25.4 Å². The van der Waals surface area contributed by atoms with Gasteiger partial charge in [-0.2, -0.15) is 13.2 Å². The van der Waals surface area contributed by atoms with Gasteiger partial charge in [0.1, 0.15) is 18.3 Å². The topological polar surface area (TPSA) is 75.2 Å². The van der Waals surface area contributed by atoms with Crippen molar-refractivity contribution >= 4 is 17.6 Å². The van der Waals surface area contributed by atoms with Crippen molar-refractivity contribution in [2.24, 2.45) is 0 Å². The number of allylic oxidation sites excluding steroid dienone is 5. The van der Waals surface area contributed by atoms with Gasteiger partial charge in [-0.25, -0.2) is 4.98 Å². The highest BCUT2D eigenvalue weighted by molar-refractivity contribution is 5.95. The molecule has 0 atom stereocenters. The predicted octanol–water partition coefficient (Wildman–Crippen LogP) is 3.91. The van der Waals surface area contributed by atoms with E-state index in [0.717, 1.165) is 36.3 Å². The van der Waals surface area contributed by atoms with E-state index >= 15 is 0 Å². The van der Waals surface area contributed by atoms with E-state index in [1.165, 1.54) is 11.0 Å². The second kappa shape index (κ2) is 10.9. The van der Waals surface area contributed by atoms with Crippen LogP contribution in [0.1, 0.15) is 24.8 Å². The van der Waals surface area contributed by atoms with Gasteiger partial charge < -0.3 is 14.4 Å². The number of halogens is 3. The molecule has 1 aliphatic carbocycles. The van der Waals surface area contributed by atoms with Crippen LogP contribution in [0, 0.1) is 0 Å². The molecular formula is C27H27F3N4O4. The third-order valence-corrected chi connectivity index (χ3v) is 6.79. The molecule has 11 heteroatoms. The average Bonchev–Trinajstić information content (AvgIpc) is 2.93. The summed E-state index contributed by atoms with van der Waals surface area (Å²) in [4.78, 5) is 34.2. The molecule has 0 N–H and O–H groups in total. The van der Waals surface area contributed by atoms with Gasteiger partial charge in [0, 0.05) is 32.4 Å². The van der Waals surface area contributed by atoms with Gasteiger partial charge in [0.15, 0.2) is 11.5 Å². The second-order valence-corrected chi connectivity index (χ2v) is 9.34. The van der Waals surface area contributed by atoms with E-state index in [-0.39, 0.29) is 37.3 Å². The minimum atomic E-state index is -4.49. The number of alkyl halides is 3. The molecule has 0 radical (unpaired) electrons. The largest absolute Gasteiger partial charge is 0.465 e. The summed E-state index contributed by atoms with van der Waals surface area (Å²) in [5.41, 5.74) is 1.18. The Kier molecular flexibility index (Phi) is 7.37. The molecule has 2 amide bonds. The van der Waals surface area contributed by atoms with Crippen LogP contribution in [0.2, 0.25) is 0 Å². The number of hydrogen-bond acceptors (Lipinski definition) is 6. The van der Waals surface area contributed by atoms with Crippen molar-refractivity contribution in [2.75, 3.05) is 44.2 Å². The van der Waals surface area contributed by atoms with Crippen molar-refractivity contribution in [3.8, 4) is 0 Å². The van der Waals surface area contributed by atoms with E-state index in [9.17, 15) is 22.8 Å². The van der Waals surface area contributed by atoms with Crippen molar-refractivity contribution in [1.29, 1.82) is 0 Å². The summed E-state index contributed by atoms with van der Waals surface area (Å²) >= 11 is 0. The smallest absolute Gasteiger partial charge is 0.417 e. The SMILES string of the molecule is O=C(CN1CCN(c2ccc(C(F)(F)F)cn2)C(=O)C1)N1CC=C(C2=COC=C(C3=CC=CCC3)O2)CC1. The maximum Gasteiger partial charge on any atom is 0.417 e. The normalized spacial score (nSPS) is 20.7. The third kappa shape index (κ3) is 5.83. The highest BCUT2D eigenvalue weighted by Gasteiger charge is 2.33. The lowest BCUT2D eigenvalue weighted by Gasteiger charge is -2.35. The number of amides is 2. The van der Waals surface area contributed by atoms with E-state index in [2.05, 4.69) is 11.1 Å². The molecule has 0 spiro atoms. The van der Waals surface area contributed by atoms with Gasteiger partial charge in [-0.05, 0) is 42.5 Å². The van der Waals surface area contributed by atoms with E-state index < -0.39 is 11.7 Å². The van der Waals surface area contributed by atoms with Crippen LogP contribution in [0.4, 0.5) is 19.0 Å². The standard InChI is InChI=1S/C27H27F3N4O4/c28-27(29,30)21-6-7-24(31-14-21)34-13-12-32(16-26(34)36)15-25(35)33-10-8-20(9-11-33)23-18-37-17-22(38-23)19-4-2-1-3-5-19/h1-2,4,6-8,14,17-18H,3,5,9-13,15-16H2. The Bertz CT molecular complexity index is 1250. The number of anilines is 1. The first kappa shape index (κ1) is 25.8. The zero-order valence-corrected chi connectivity index (χ0v) is 20.6. The molecule has 200 valence electrons. The molecule has 1 saturated heterocycles. The second-order valence-electron chi connectivity index (χ2n) is 9.34. The minimum absolute atomic E-state index is 0.0123. The first-order valence-electron chi connectivity index (χ1n) is 12.4. The summed E-state index contributed by atoms with van der Waals surface area (Å²) in [5.74, 6) is 1.10. The summed E-state index contributed by atoms with van der Waals surface area (Å²) in [5, 5.41) is 0. The fourth-order valence-corrected chi connectivity index (χ4v) is 4.64. The van der Waals surface area contributed by atoms with Gasteiger partial charge >= 0.3 is 6.18 Å². The number of carbonyl (C=O) groups is 2. The first-order valence-corrected chi connectivity index (χ1v) is 12.4. The van der Waals surface area contributed by atoms with E-state index in [1.807, 2.05) is 18.2 Å². The van der Waals surface area contributed by atoms with Gasteiger partial charge in [-0.1, -0.05) is 24.3 Å². The van der Waals surface area contributed by atoms with Crippen molar-refractivity contribution in [3.05, 3.63) is 83.4 Å². The molecule has 5 rings (SSSR count). The summed E-state index contributed by atoms with van der Waals surface area (Å²) in [7, 11) is 0. The van der Waals surface area contributed by atoms with Crippen molar-refractivity contribution in [3.63, 3.8) is 0 Å². The quantitative estimate of drug-likeness (QED) is 0.577. The minimum Gasteiger partial charge on any atom is -0.465 e. The predicted molar refractivity (Wildman–Crippen MR) is 132 cm³/mol. The van der Waals surface area contributed by atoms with Crippen molar-refractivity contribution < 1.29 is 32.2 Å². The Morgan fingerprint density at radius 1 is 1.05 bits per heavy atom. The highest BCUT2D eigenvalue weighted by Crippen LogP contribution is 2.31. The van der Waals surface area contributed by atoms with Gasteiger partial charge in [0.2, 0.25) is 11.8 Å². The molecular weight excluding hydrogens is 501 g/mol. The monoisotopic (exact) mass is 528 g/mol. The van der Waals surface area contributed by atoms with Crippen LogP contribution in [0.25, 0.3) is 0 Å². The fraction of sp³-hybridized carbons (Fsp3) is 0.370. The molecule has 0 bridgehead atoms. The van der Waals surface area contributed by atoms with E-state index in [0.29, 0.717) is 37.6 Å². The molecule has 1 aromatic heterocycles. The lowest BCUT2D eigenvalue weighted by molar-refractivity contribution is -0.138. The Morgan fingerprint density at radius 2 is 1.87 bits per heavy atom. The lowest BCUT2D eigenvalue weighted by Crippen LogP contribution is -2.53. The summed E-state index contributed by atoms with van der Waals surface area (Å²) in [6.45, 7) is 1.65. The van der Waals surface area contributed by atoms with Gasteiger partial charge in [-0.15, -0.1) is 0 Å². The number of hydrogen-bond donors (Lipinski definition) is 0. The Morgan fingerprint density at radius 3 is 2.50 bits per heavy atom. The number of nitrogens with zero attached hydrogens (tertiary/aromatic N) is 4. The third-order valence-electron chi connectivity index (χ3n) is 6.79. The molecule has 0 saturated carbocycles. The summed E-state index contributed by atoms with van der Waals surface area (Å²) < 4.78 is 49.9. The van der Waals surface area contributed by atoms with Crippen LogP contribution in [0.3, 0.4) is 0 Å². The maximum absolute atomic E-state index is 12.9. The highest BCUT2D eigenvalue weighted by atomic mass is 19.4. The zero-order valence-electron chi connectivity index (χ0n) is 20.6. The van der Waals surface area contributed by atoms with Crippen molar-refractivity contribution in [1.82, 2.24) is 14.8 Å². The Balaban J connectivity index is 1.11. The maximum atomic E-state index is 12.9. The number of ether oxygens (including phenoxy) is 2. The molecule has 38 heavy (non-hydrogen) atoms. The Labute approximate surface area is 218 Å². The molecule has 0 aromatic carbocycles. The molecule has 8 nitrogen and oxygen atoms in total. The number of piperazine rings is 1. The van der Waals surface area contributed by atoms with E-state index in [1.54, 1.807) is 22.3 Å². The van der Waals surface area contributed by atoms with Crippen LogP contribution in [-0.2, 0) is 25.2 Å². The average molecular weight is 529 g/mol. The van der Waals surface area contributed by atoms with Crippen LogP contribution >= 0.6 is 0 Å². The van der Waals surface area contributed by atoms with E-state index in [4.69, 9.17) is 9.47 Å². The van der Waals surface area contributed by atoms with Crippen LogP contribution in [-0.4, -0.2) is 65.9 Å². The summed E-state index contributed by atoms with van der Waals surface area (Å²) in [6.07, 6.45) is 9.93. The van der Waals surface area contributed by atoms with Crippen LogP contribution in [0.15, 0.2) is 77.8 Å². The molecule has 1 fully saturated rings. The zero-order chi connectivity index (χ0) is 26.7. The first-order chi connectivity index (χ1) is 18.3. The summed E-state index contributed by atoms with van der Waals surface area (Å²) in [6, 6.07) is 2.10. The lowest BCUT2D eigenvalue weighted by atomic mass is 10.0. The van der Waals surface area contributed by atoms with Crippen LogP contribution in [0.5, 0.6) is 0 Å². The molecule has 1 aromatic rings. The van der Waals surface area contributed by atoms with Gasteiger partial charge in [-0.3, -0.25) is 19.4 Å². The molecule has 4 heterocycles. The number of aromatic nitrogens is 1. The fourth-order valence-electron chi connectivity index (χ4n) is 4.64. The van der Waals surface area contributed by atoms with Crippen LogP contribution < -0.4 is 4.90 Å². The number of carbonyl (C=O) groups excluding carboxylic acids is 2. The Hall–Kier alpha value is -3.86.